The van der Waals surface area contributed by atoms with Gasteiger partial charge in [-0.1, -0.05) is 17.8 Å². The zero-order valence-corrected chi connectivity index (χ0v) is 19.0. The Morgan fingerprint density at radius 2 is 2.00 bits per heavy atom. The number of anilines is 2. The molecule has 170 valence electrons. The van der Waals surface area contributed by atoms with Crippen molar-refractivity contribution in [3.63, 3.8) is 0 Å². The summed E-state index contributed by atoms with van der Waals surface area (Å²) in [5.41, 5.74) is 0.0179. The number of nitrogens with one attached hydrogen (secondary N) is 1. The van der Waals surface area contributed by atoms with Crippen LogP contribution in [0.15, 0.2) is 40.9 Å². The molecule has 2 aromatic heterocycles. The van der Waals surface area contributed by atoms with Crippen LogP contribution >= 0.6 is 23.1 Å². The van der Waals surface area contributed by atoms with E-state index in [0.29, 0.717) is 17.3 Å². The molecule has 1 fully saturated rings. The molecule has 0 bridgehead atoms. The van der Waals surface area contributed by atoms with E-state index in [4.69, 9.17) is 0 Å². The van der Waals surface area contributed by atoms with Gasteiger partial charge in [-0.05, 0) is 42.5 Å². The summed E-state index contributed by atoms with van der Waals surface area (Å²) in [5.74, 6) is 0.405. The molecule has 0 unspecified atom stereocenters. The summed E-state index contributed by atoms with van der Waals surface area (Å²) in [4.78, 5) is 15.8. The Hall–Kier alpha value is -2.53. The molecule has 3 aromatic rings. The minimum absolute atomic E-state index is 0.0145. The maximum Gasteiger partial charge on any atom is 0.416 e. The van der Waals surface area contributed by atoms with Crippen LogP contribution < -0.4 is 10.2 Å². The molecule has 0 saturated carbocycles. The number of nitrogens with zero attached hydrogens (tertiary/aromatic N) is 4. The summed E-state index contributed by atoms with van der Waals surface area (Å²) in [7, 11) is 1.83. The van der Waals surface area contributed by atoms with E-state index >= 15 is 0 Å². The van der Waals surface area contributed by atoms with E-state index in [1.807, 2.05) is 34.0 Å². The summed E-state index contributed by atoms with van der Waals surface area (Å²) in [6.07, 6.45) is -1.87. The number of benzene rings is 1. The number of thiophene rings is 1. The molecule has 11 heteroatoms. The minimum atomic E-state index is -4.48. The molecule has 6 nitrogen and oxygen atoms in total. The van der Waals surface area contributed by atoms with E-state index in [2.05, 4.69) is 15.5 Å². The maximum atomic E-state index is 13.2. The highest BCUT2D eigenvalue weighted by Gasteiger charge is 2.32. The molecule has 0 spiro atoms. The lowest BCUT2D eigenvalue weighted by atomic mass is 10.1. The minimum Gasteiger partial charge on any atom is -0.370 e. The first kappa shape index (κ1) is 22.7. The van der Waals surface area contributed by atoms with Crippen LogP contribution in [0.2, 0.25) is 0 Å². The highest BCUT2D eigenvalue weighted by Crippen LogP contribution is 2.36. The van der Waals surface area contributed by atoms with Gasteiger partial charge in [0.25, 0.3) is 0 Å². The largest absolute Gasteiger partial charge is 0.416 e. The van der Waals surface area contributed by atoms with Gasteiger partial charge in [-0.25, -0.2) is 0 Å². The molecule has 4 rings (SSSR count). The SMILES string of the molecule is Cn1c(Cc2cccs2)nnc1SCC(=O)Nc1cc(C(F)(F)F)ccc1N1CCCC1. The van der Waals surface area contributed by atoms with Crippen LogP contribution in [-0.4, -0.2) is 39.5 Å². The highest BCUT2D eigenvalue weighted by molar-refractivity contribution is 7.99. The van der Waals surface area contributed by atoms with Gasteiger partial charge in [-0.15, -0.1) is 21.5 Å². The van der Waals surface area contributed by atoms with Crippen LogP contribution in [0.4, 0.5) is 24.5 Å². The monoisotopic (exact) mass is 481 g/mol. The lowest BCUT2D eigenvalue weighted by Gasteiger charge is -2.23. The van der Waals surface area contributed by atoms with Gasteiger partial charge < -0.3 is 14.8 Å². The second-order valence-electron chi connectivity index (χ2n) is 7.47. The number of carbonyl (C=O) groups is 1. The number of amides is 1. The Bertz CT molecular complexity index is 1080. The Morgan fingerprint density at radius 1 is 1.22 bits per heavy atom. The number of hydrogen-bond donors (Lipinski definition) is 1. The Balaban J connectivity index is 1.44. The third-order valence-electron chi connectivity index (χ3n) is 5.21. The lowest BCUT2D eigenvalue weighted by Crippen LogP contribution is -2.22. The van der Waals surface area contributed by atoms with Gasteiger partial charge in [0.2, 0.25) is 5.91 Å². The molecular formula is C21H22F3N5OS2. The van der Waals surface area contributed by atoms with Crippen LogP contribution in [0.1, 0.15) is 29.1 Å². The number of hydrogen-bond acceptors (Lipinski definition) is 6. The van der Waals surface area contributed by atoms with Gasteiger partial charge in [0, 0.05) is 31.4 Å². The fraction of sp³-hybridized carbons (Fsp3) is 0.381. The normalized spacial score (nSPS) is 14.2. The summed E-state index contributed by atoms with van der Waals surface area (Å²) in [6, 6.07) is 7.51. The Labute approximate surface area is 191 Å². The zero-order valence-electron chi connectivity index (χ0n) is 17.4. The summed E-state index contributed by atoms with van der Waals surface area (Å²) in [6.45, 7) is 1.52. The third-order valence-corrected chi connectivity index (χ3v) is 7.11. The van der Waals surface area contributed by atoms with E-state index in [0.717, 1.165) is 48.8 Å². The quantitative estimate of drug-likeness (QED) is 0.491. The van der Waals surface area contributed by atoms with Crippen molar-refractivity contribution in [3.05, 3.63) is 52.0 Å². The van der Waals surface area contributed by atoms with E-state index < -0.39 is 17.6 Å². The predicted molar refractivity (Wildman–Crippen MR) is 120 cm³/mol. The molecular weight excluding hydrogens is 459 g/mol. The number of aromatic nitrogens is 3. The molecule has 1 aromatic carbocycles. The topological polar surface area (TPSA) is 63.1 Å². The van der Waals surface area contributed by atoms with E-state index in [9.17, 15) is 18.0 Å². The molecule has 1 aliphatic rings. The fourth-order valence-electron chi connectivity index (χ4n) is 3.56. The molecule has 0 radical (unpaired) electrons. The molecule has 1 N–H and O–H groups in total. The van der Waals surface area contributed by atoms with Gasteiger partial charge in [0.15, 0.2) is 5.16 Å². The Morgan fingerprint density at radius 3 is 2.69 bits per heavy atom. The van der Waals surface area contributed by atoms with Crippen molar-refractivity contribution in [2.75, 3.05) is 29.1 Å². The van der Waals surface area contributed by atoms with E-state index in [1.54, 1.807) is 11.3 Å². The standard InChI is InChI=1S/C21H22F3N5OS2/c1-28-18(12-15-5-4-10-31-15)26-27-20(28)32-13-19(30)25-16-11-14(21(22,23)24)6-7-17(16)29-8-2-3-9-29/h4-7,10-11H,2-3,8-9,12-13H2,1H3,(H,25,30). The number of rotatable bonds is 7. The smallest absolute Gasteiger partial charge is 0.370 e. The summed E-state index contributed by atoms with van der Waals surface area (Å²) in [5, 5.41) is 13.6. The van der Waals surface area contributed by atoms with Crippen LogP contribution in [0.3, 0.4) is 0 Å². The van der Waals surface area contributed by atoms with Gasteiger partial charge in [0.05, 0.1) is 22.7 Å². The van der Waals surface area contributed by atoms with Crippen molar-refractivity contribution >= 4 is 40.4 Å². The number of halogens is 3. The predicted octanol–water partition coefficient (Wildman–Crippen LogP) is 4.82. The first-order valence-corrected chi connectivity index (χ1v) is 12.0. The molecule has 1 aliphatic heterocycles. The first-order chi connectivity index (χ1) is 15.3. The number of carbonyl (C=O) groups excluding carboxylic acids is 1. The van der Waals surface area contributed by atoms with Gasteiger partial charge >= 0.3 is 6.18 Å². The van der Waals surface area contributed by atoms with Gasteiger partial charge in [0.1, 0.15) is 5.82 Å². The van der Waals surface area contributed by atoms with Crippen molar-refractivity contribution in [3.8, 4) is 0 Å². The van der Waals surface area contributed by atoms with Crippen LogP contribution in [0.25, 0.3) is 0 Å². The van der Waals surface area contributed by atoms with Crippen LogP contribution in [-0.2, 0) is 24.4 Å². The van der Waals surface area contributed by atoms with Crippen LogP contribution in [0, 0.1) is 0 Å². The van der Waals surface area contributed by atoms with Gasteiger partial charge in [-0.3, -0.25) is 4.79 Å². The second kappa shape index (κ2) is 9.53. The van der Waals surface area contributed by atoms with Crippen molar-refractivity contribution in [1.29, 1.82) is 0 Å². The summed E-state index contributed by atoms with van der Waals surface area (Å²) >= 11 is 2.83. The molecule has 32 heavy (non-hydrogen) atoms. The third kappa shape index (κ3) is 5.26. The van der Waals surface area contributed by atoms with E-state index in [1.165, 1.54) is 17.8 Å². The van der Waals surface area contributed by atoms with Crippen molar-refractivity contribution in [1.82, 2.24) is 14.8 Å². The summed E-state index contributed by atoms with van der Waals surface area (Å²) < 4.78 is 41.5. The first-order valence-electron chi connectivity index (χ1n) is 10.1. The average molecular weight is 482 g/mol. The number of alkyl halides is 3. The van der Waals surface area contributed by atoms with Crippen molar-refractivity contribution < 1.29 is 18.0 Å². The maximum absolute atomic E-state index is 13.2. The van der Waals surface area contributed by atoms with E-state index in [-0.39, 0.29) is 11.4 Å². The molecule has 0 atom stereocenters. The zero-order chi connectivity index (χ0) is 22.7. The fourth-order valence-corrected chi connectivity index (χ4v) is 4.99. The highest BCUT2D eigenvalue weighted by atomic mass is 32.2. The molecule has 1 saturated heterocycles. The molecule has 3 heterocycles. The lowest BCUT2D eigenvalue weighted by molar-refractivity contribution is -0.137. The second-order valence-corrected chi connectivity index (χ2v) is 9.45. The van der Waals surface area contributed by atoms with Crippen molar-refractivity contribution in [2.24, 2.45) is 7.05 Å². The molecule has 1 amide bonds. The average Bonchev–Trinajstić information content (AvgIpc) is 3.51. The van der Waals surface area contributed by atoms with Crippen molar-refractivity contribution in [2.45, 2.75) is 30.6 Å². The van der Waals surface area contributed by atoms with Gasteiger partial charge in [-0.2, -0.15) is 13.2 Å². The van der Waals surface area contributed by atoms with Crippen LogP contribution in [0.5, 0.6) is 0 Å². The number of thioether (sulfide) groups is 1. The Kier molecular flexibility index (Phi) is 6.75. The molecule has 0 aliphatic carbocycles.